The van der Waals surface area contributed by atoms with Gasteiger partial charge in [0.05, 0.1) is 12.3 Å². The van der Waals surface area contributed by atoms with Crippen LogP contribution < -0.4 is 10.1 Å². The van der Waals surface area contributed by atoms with E-state index in [1.165, 1.54) is 6.33 Å². The summed E-state index contributed by atoms with van der Waals surface area (Å²) in [6.07, 6.45) is 4.03. The third-order valence-electron chi connectivity index (χ3n) is 6.18. The lowest BCUT2D eigenvalue weighted by Crippen LogP contribution is -2.21. The van der Waals surface area contributed by atoms with Crippen molar-refractivity contribution in [3.05, 3.63) is 83.7 Å². The van der Waals surface area contributed by atoms with Crippen LogP contribution in [-0.4, -0.2) is 50.9 Å². The van der Waals surface area contributed by atoms with Crippen LogP contribution in [-0.2, 0) is 11.2 Å². The maximum Gasteiger partial charge on any atom is 0.294 e. The van der Waals surface area contributed by atoms with Gasteiger partial charge >= 0.3 is 0 Å². The minimum absolute atomic E-state index is 0.126. The highest BCUT2D eigenvalue weighted by Gasteiger charge is 2.16. The molecule has 0 saturated carbocycles. The predicted octanol–water partition coefficient (Wildman–Crippen LogP) is 4.22. The Bertz CT molecular complexity index is 1320. The highest BCUT2D eigenvalue weighted by molar-refractivity contribution is 6.01. The summed E-state index contributed by atoms with van der Waals surface area (Å²) in [5.41, 5.74) is 3.74. The van der Waals surface area contributed by atoms with Crippen molar-refractivity contribution in [1.29, 1.82) is 0 Å². The molecule has 0 bridgehead atoms. The Hall–Kier alpha value is -4.11. The topological polar surface area (TPSA) is 115 Å². The summed E-state index contributed by atoms with van der Waals surface area (Å²) in [4.78, 5) is 24.4. The highest BCUT2D eigenvalue weighted by Crippen LogP contribution is 2.28. The van der Waals surface area contributed by atoms with Crippen molar-refractivity contribution in [2.24, 2.45) is 5.92 Å². The van der Waals surface area contributed by atoms with E-state index in [1.807, 2.05) is 55.5 Å². The molecule has 9 nitrogen and oxygen atoms in total. The van der Waals surface area contributed by atoms with Gasteiger partial charge in [-0.1, -0.05) is 36.4 Å². The van der Waals surface area contributed by atoms with Crippen LogP contribution in [0.15, 0.2) is 60.9 Å². The fourth-order valence-corrected chi connectivity index (χ4v) is 4.11. The Morgan fingerprint density at radius 2 is 1.92 bits per heavy atom. The molecule has 2 aromatic heterocycles. The van der Waals surface area contributed by atoms with Crippen molar-refractivity contribution < 1.29 is 14.3 Å². The fourth-order valence-electron chi connectivity index (χ4n) is 4.11. The van der Waals surface area contributed by atoms with E-state index in [0.717, 1.165) is 48.5 Å². The van der Waals surface area contributed by atoms with Crippen LogP contribution >= 0.6 is 0 Å². The quantitative estimate of drug-likeness (QED) is 0.385. The minimum Gasteiger partial charge on any atom is -0.493 e. The summed E-state index contributed by atoms with van der Waals surface area (Å²) in [5, 5.41) is 10.9. The fraction of sp³-hybridized carbons (Fsp3) is 0.296. The number of benzene rings is 2. The molecule has 3 heterocycles. The molecular formula is C27H28N6O3. The molecule has 36 heavy (non-hydrogen) atoms. The maximum absolute atomic E-state index is 12.8. The molecule has 1 amide bonds. The number of nitrogens with one attached hydrogen (secondary N) is 2. The van der Waals surface area contributed by atoms with Crippen LogP contribution in [0.4, 0.5) is 5.82 Å². The Kier molecular flexibility index (Phi) is 7.28. The Balaban J connectivity index is 1.26. The summed E-state index contributed by atoms with van der Waals surface area (Å²) in [6.45, 7) is 4.27. The molecule has 2 N–H and O–H groups in total. The van der Waals surface area contributed by atoms with Gasteiger partial charge in [0.2, 0.25) is 5.82 Å². The first kappa shape index (κ1) is 23.6. The Morgan fingerprint density at radius 1 is 1.08 bits per heavy atom. The summed E-state index contributed by atoms with van der Waals surface area (Å²) < 4.78 is 11.5. The molecular weight excluding hydrogens is 456 g/mol. The third-order valence-corrected chi connectivity index (χ3v) is 6.18. The summed E-state index contributed by atoms with van der Waals surface area (Å²) in [5.74, 6) is 1.99. The zero-order valence-corrected chi connectivity index (χ0v) is 20.1. The molecule has 0 unspecified atom stereocenters. The van der Waals surface area contributed by atoms with Crippen LogP contribution in [0, 0.1) is 12.8 Å². The van der Waals surface area contributed by atoms with Gasteiger partial charge in [-0.25, -0.2) is 9.97 Å². The van der Waals surface area contributed by atoms with Crippen LogP contribution in [0.5, 0.6) is 5.75 Å². The van der Waals surface area contributed by atoms with Gasteiger partial charge in [-0.05, 0) is 48.9 Å². The lowest BCUT2D eigenvalue weighted by Gasteiger charge is -2.22. The number of amides is 1. The normalized spacial score (nSPS) is 13.9. The minimum atomic E-state index is -0.420. The van der Waals surface area contributed by atoms with Crippen molar-refractivity contribution in [1.82, 2.24) is 25.1 Å². The average molecular weight is 485 g/mol. The van der Waals surface area contributed by atoms with Crippen LogP contribution in [0.2, 0.25) is 0 Å². The molecule has 0 aliphatic carbocycles. The monoisotopic (exact) mass is 484 g/mol. The lowest BCUT2D eigenvalue weighted by atomic mass is 10.0. The van der Waals surface area contributed by atoms with Crippen molar-refractivity contribution in [2.45, 2.75) is 26.2 Å². The first-order chi connectivity index (χ1) is 17.6. The molecule has 0 radical (unpaired) electrons. The number of anilines is 1. The summed E-state index contributed by atoms with van der Waals surface area (Å²) in [6, 6.07) is 17.6. The van der Waals surface area contributed by atoms with Crippen molar-refractivity contribution >= 4 is 11.7 Å². The molecule has 1 aliphatic heterocycles. The molecule has 1 fully saturated rings. The number of carbonyl (C=O) groups is 1. The molecule has 9 heteroatoms. The van der Waals surface area contributed by atoms with Gasteiger partial charge in [-0.15, -0.1) is 10.2 Å². The van der Waals surface area contributed by atoms with Gasteiger partial charge < -0.3 is 19.8 Å². The number of aromatic nitrogens is 5. The van der Waals surface area contributed by atoms with E-state index in [9.17, 15) is 4.79 Å². The number of rotatable bonds is 8. The number of aryl methyl sites for hydroxylation is 1. The number of hydrogen-bond donors (Lipinski definition) is 2. The van der Waals surface area contributed by atoms with Gasteiger partial charge in [0.1, 0.15) is 23.7 Å². The van der Waals surface area contributed by atoms with Crippen molar-refractivity contribution in [3.8, 4) is 17.0 Å². The maximum atomic E-state index is 12.8. The predicted molar refractivity (Wildman–Crippen MR) is 135 cm³/mol. The van der Waals surface area contributed by atoms with E-state index in [2.05, 4.69) is 30.5 Å². The molecule has 184 valence electrons. The van der Waals surface area contributed by atoms with E-state index >= 15 is 0 Å². The zero-order valence-electron chi connectivity index (χ0n) is 20.1. The first-order valence-electron chi connectivity index (χ1n) is 12.0. The van der Waals surface area contributed by atoms with E-state index in [-0.39, 0.29) is 5.82 Å². The second-order valence-corrected chi connectivity index (χ2v) is 8.87. The highest BCUT2D eigenvalue weighted by atomic mass is 16.5. The smallest absolute Gasteiger partial charge is 0.294 e. The third kappa shape index (κ3) is 5.92. The SMILES string of the molecule is Cc1ccc(OCC2CCOCC2)cc1-c1cc(NC(=O)c2nnc(Cc3ccccc3)[nH]2)ncn1. The molecule has 4 aromatic rings. The molecule has 0 spiro atoms. The molecule has 0 atom stereocenters. The van der Waals surface area contributed by atoms with Gasteiger partial charge in [0.15, 0.2) is 0 Å². The second-order valence-electron chi connectivity index (χ2n) is 8.87. The lowest BCUT2D eigenvalue weighted by molar-refractivity contribution is 0.0497. The Labute approximate surface area is 209 Å². The number of H-pyrrole nitrogens is 1. The van der Waals surface area contributed by atoms with E-state index in [1.54, 1.807) is 6.07 Å². The number of hydrogen-bond acceptors (Lipinski definition) is 7. The first-order valence-corrected chi connectivity index (χ1v) is 12.0. The van der Waals surface area contributed by atoms with Crippen LogP contribution in [0.1, 0.15) is 40.4 Å². The van der Waals surface area contributed by atoms with Crippen molar-refractivity contribution in [3.63, 3.8) is 0 Å². The van der Waals surface area contributed by atoms with Gasteiger partial charge in [0, 0.05) is 31.3 Å². The second kappa shape index (κ2) is 11.1. The summed E-state index contributed by atoms with van der Waals surface area (Å²) >= 11 is 0. The van der Waals surface area contributed by atoms with E-state index in [4.69, 9.17) is 9.47 Å². The number of nitrogens with zero attached hydrogens (tertiary/aromatic N) is 4. The van der Waals surface area contributed by atoms with Gasteiger partial charge in [-0.2, -0.15) is 0 Å². The molecule has 1 aliphatic rings. The van der Waals surface area contributed by atoms with Crippen LogP contribution in [0.3, 0.4) is 0 Å². The standard InChI is InChI=1S/C27H28N6O3/c1-18-7-8-21(36-16-20-9-11-35-12-10-20)14-22(18)23-15-24(29-17-28-23)31-27(34)26-30-25(32-33-26)13-19-5-3-2-4-6-19/h2-8,14-15,17,20H,9-13,16H2,1H3,(H,30,32,33)(H,28,29,31,34). The Morgan fingerprint density at radius 3 is 2.75 bits per heavy atom. The number of aromatic amines is 1. The van der Waals surface area contributed by atoms with Gasteiger partial charge in [0.25, 0.3) is 5.91 Å². The molecule has 2 aromatic carbocycles. The van der Waals surface area contributed by atoms with E-state index < -0.39 is 5.91 Å². The molecule has 1 saturated heterocycles. The summed E-state index contributed by atoms with van der Waals surface area (Å²) in [7, 11) is 0. The largest absolute Gasteiger partial charge is 0.493 e. The zero-order chi connectivity index (χ0) is 24.7. The average Bonchev–Trinajstić information content (AvgIpc) is 3.38. The van der Waals surface area contributed by atoms with Crippen LogP contribution in [0.25, 0.3) is 11.3 Å². The molecule has 5 rings (SSSR count). The van der Waals surface area contributed by atoms with E-state index in [0.29, 0.717) is 36.3 Å². The van der Waals surface area contributed by atoms with Gasteiger partial charge in [-0.3, -0.25) is 4.79 Å². The number of ether oxygens (including phenoxy) is 2. The number of carbonyl (C=O) groups excluding carboxylic acids is 1. The van der Waals surface area contributed by atoms with Crippen molar-refractivity contribution in [2.75, 3.05) is 25.1 Å².